The molecule has 2 rings (SSSR count). The quantitative estimate of drug-likeness (QED) is 0.470. The Balaban J connectivity index is 2.97. The molecule has 1 heterocycles. The van der Waals surface area contributed by atoms with E-state index >= 15 is 0 Å². The van der Waals surface area contributed by atoms with Crippen molar-refractivity contribution in [2.75, 3.05) is 0 Å². The maximum Gasteiger partial charge on any atom is 0.318 e. The number of nitro groups is 1. The van der Waals surface area contributed by atoms with E-state index in [1.54, 1.807) is 0 Å². The van der Waals surface area contributed by atoms with Gasteiger partial charge in [0.15, 0.2) is 12.0 Å². The number of hydrogen-bond donors (Lipinski definition) is 1. The molecule has 80 valence electrons. The van der Waals surface area contributed by atoms with Crippen LogP contribution < -0.4 is 0 Å². The van der Waals surface area contributed by atoms with Gasteiger partial charge in [-0.1, -0.05) is 0 Å². The highest BCUT2D eigenvalue weighted by molar-refractivity contribution is 6.03. The van der Waals surface area contributed by atoms with Crippen LogP contribution in [0.2, 0.25) is 0 Å². The normalized spacial score (nSPS) is 10.2. The van der Waals surface area contributed by atoms with E-state index in [1.165, 1.54) is 18.5 Å². The van der Waals surface area contributed by atoms with Gasteiger partial charge in [0, 0.05) is 23.3 Å². The van der Waals surface area contributed by atoms with Crippen LogP contribution in [-0.2, 0) is 0 Å². The second-order valence-electron chi connectivity index (χ2n) is 3.13. The predicted octanol–water partition coefficient (Wildman–Crippen LogP) is 1.66. The van der Waals surface area contributed by atoms with Gasteiger partial charge in [0.05, 0.1) is 10.3 Å². The molecule has 2 aromatic rings. The number of fused-ring (bicyclic) bond motifs is 1. The minimum absolute atomic E-state index is 0.172. The zero-order chi connectivity index (χ0) is 11.7. The zero-order valence-corrected chi connectivity index (χ0v) is 7.95. The van der Waals surface area contributed by atoms with Gasteiger partial charge in [-0.25, -0.2) is 0 Å². The summed E-state index contributed by atoms with van der Waals surface area (Å²) < 4.78 is 0. The number of aldehydes is 1. The molecule has 1 aromatic carbocycles. The number of carbonyl (C=O) groups is 1. The monoisotopic (exact) mass is 218 g/mol. The van der Waals surface area contributed by atoms with Crippen LogP contribution in [0.4, 0.5) is 5.69 Å². The van der Waals surface area contributed by atoms with E-state index < -0.39 is 16.4 Å². The summed E-state index contributed by atoms with van der Waals surface area (Å²) in [5, 5.41) is 20.8. The molecule has 0 saturated carbocycles. The van der Waals surface area contributed by atoms with Gasteiger partial charge in [-0.15, -0.1) is 0 Å². The molecular formula is C10H6N2O4. The molecule has 6 nitrogen and oxygen atoms in total. The first-order valence-electron chi connectivity index (χ1n) is 4.34. The molecule has 6 heteroatoms. The SMILES string of the molecule is O=Cc1cc(O)c([N+](=O)[O-])c2ccncc12. The molecule has 0 bridgehead atoms. The average molecular weight is 218 g/mol. The van der Waals surface area contributed by atoms with Crippen LogP contribution in [0.5, 0.6) is 5.75 Å². The van der Waals surface area contributed by atoms with Crippen molar-refractivity contribution in [1.29, 1.82) is 0 Å². The van der Waals surface area contributed by atoms with E-state index in [2.05, 4.69) is 4.98 Å². The Morgan fingerprint density at radius 1 is 1.44 bits per heavy atom. The number of rotatable bonds is 2. The minimum Gasteiger partial charge on any atom is -0.502 e. The van der Waals surface area contributed by atoms with Crippen LogP contribution >= 0.6 is 0 Å². The van der Waals surface area contributed by atoms with Crippen molar-refractivity contribution in [1.82, 2.24) is 4.98 Å². The van der Waals surface area contributed by atoms with Crippen molar-refractivity contribution in [2.24, 2.45) is 0 Å². The van der Waals surface area contributed by atoms with E-state index in [0.717, 1.165) is 6.07 Å². The van der Waals surface area contributed by atoms with Gasteiger partial charge in [-0.3, -0.25) is 19.9 Å². The lowest BCUT2D eigenvalue weighted by atomic mass is 10.1. The van der Waals surface area contributed by atoms with Crippen molar-refractivity contribution in [3.05, 3.63) is 40.2 Å². The first-order chi connectivity index (χ1) is 7.65. The highest BCUT2D eigenvalue weighted by atomic mass is 16.6. The lowest BCUT2D eigenvalue weighted by molar-refractivity contribution is -0.384. The highest BCUT2D eigenvalue weighted by Gasteiger charge is 2.20. The fraction of sp³-hybridized carbons (Fsp3) is 0. The number of nitrogens with zero attached hydrogens (tertiary/aromatic N) is 2. The second-order valence-corrected chi connectivity index (χ2v) is 3.13. The van der Waals surface area contributed by atoms with Gasteiger partial charge in [0.2, 0.25) is 0 Å². The van der Waals surface area contributed by atoms with E-state index in [4.69, 9.17) is 0 Å². The van der Waals surface area contributed by atoms with Crippen LogP contribution in [0.1, 0.15) is 10.4 Å². The molecule has 0 spiro atoms. The van der Waals surface area contributed by atoms with Gasteiger partial charge in [-0.2, -0.15) is 0 Å². The third-order valence-electron chi connectivity index (χ3n) is 2.23. The fourth-order valence-corrected chi connectivity index (χ4v) is 1.55. The molecule has 0 aliphatic rings. The Kier molecular flexibility index (Phi) is 2.24. The number of phenols is 1. The summed E-state index contributed by atoms with van der Waals surface area (Å²) in [7, 11) is 0. The first kappa shape index (κ1) is 10.0. The van der Waals surface area contributed by atoms with Crippen molar-refractivity contribution in [2.45, 2.75) is 0 Å². The summed E-state index contributed by atoms with van der Waals surface area (Å²) in [5.41, 5.74) is -0.241. The molecule has 0 aliphatic carbocycles. The third-order valence-corrected chi connectivity index (χ3v) is 2.23. The third kappa shape index (κ3) is 1.36. The summed E-state index contributed by atoms with van der Waals surface area (Å²) >= 11 is 0. The maximum absolute atomic E-state index is 10.8. The van der Waals surface area contributed by atoms with Gasteiger partial charge in [-0.05, 0) is 12.1 Å². The van der Waals surface area contributed by atoms with Crippen molar-refractivity contribution in [3.8, 4) is 5.75 Å². The van der Waals surface area contributed by atoms with Crippen molar-refractivity contribution < 1.29 is 14.8 Å². The Bertz CT molecular complexity index is 595. The standard InChI is InChI=1S/C10H6N2O4/c13-5-6-3-9(14)10(12(15)16)7-1-2-11-4-8(6)7/h1-5,14H. The summed E-state index contributed by atoms with van der Waals surface area (Å²) in [4.78, 5) is 24.6. The molecule has 0 amide bonds. The van der Waals surface area contributed by atoms with E-state index in [0.29, 0.717) is 11.7 Å². The number of hydrogen-bond acceptors (Lipinski definition) is 5. The Labute approximate surface area is 89.3 Å². The van der Waals surface area contributed by atoms with Gasteiger partial charge >= 0.3 is 5.69 Å². The molecule has 1 N–H and O–H groups in total. The van der Waals surface area contributed by atoms with Gasteiger partial charge in [0.25, 0.3) is 0 Å². The molecule has 0 saturated heterocycles. The predicted molar refractivity (Wildman–Crippen MR) is 55.4 cm³/mol. The smallest absolute Gasteiger partial charge is 0.318 e. The molecule has 0 atom stereocenters. The number of aromatic hydroxyl groups is 1. The second kappa shape index (κ2) is 3.58. The summed E-state index contributed by atoms with van der Waals surface area (Å²) in [6.07, 6.45) is 3.24. The molecular weight excluding hydrogens is 212 g/mol. The Morgan fingerprint density at radius 2 is 2.19 bits per heavy atom. The average Bonchev–Trinajstić information content (AvgIpc) is 2.27. The molecule has 0 aliphatic heterocycles. The summed E-state index contributed by atoms with van der Waals surface area (Å²) in [6, 6.07) is 2.45. The van der Waals surface area contributed by atoms with Crippen molar-refractivity contribution >= 4 is 22.7 Å². The van der Waals surface area contributed by atoms with Crippen LogP contribution in [0.15, 0.2) is 24.5 Å². The van der Waals surface area contributed by atoms with Crippen LogP contribution in [0.25, 0.3) is 10.8 Å². The summed E-state index contributed by atoms with van der Waals surface area (Å²) in [5.74, 6) is -0.522. The fourth-order valence-electron chi connectivity index (χ4n) is 1.55. The topological polar surface area (TPSA) is 93.3 Å². The van der Waals surface area contributed by atoms with Crippen LogP contribution in [-0.4, -0.2) is 21.3 Å². The number of phenolic OH excluding ortho intramolecular Hbond substituents is 1. The lowest BCUT2D eigenvalue weighted by Gasteiger charge is -2.03. The van der Waals surface area contributed by atoms with Crippen molar-refractivity contribution in [3.63, 3.8) is 0 Å². The first-order valence-corrected chi connectivity index (χ1v) is 4.34. The Morgan fingerprint density at radius 3 is 2.81 bits per heavy atom. The number of pyridine rings is 1. The highest BCUT2D eigenvalue weighted by Crippen LogP contribution is 2.35. The van der Waals surface area contributed by atoms with Gasteiger partial charge < -0.3 is 5.11 Å². The lowest BCUT2D eigenvalue weighted by Crippen LogP contribution is -1.94. The molecule has 0 fully saturated rings. The van der Waals surface area contributed by atoms with E-state index in [1.807, 2.05) is 0 Å². The zero-order valence-electron chi connectivity index (χ0n) is 7.95. The number of aromatic nitrogens is 1. The Hall–Kier alpha value is -2.50. The van der Waals surface area contributed by atoms with E-state index in [-0.39, 0.29) is 10.9 Å². The number of nitro benzene ring substituents is 1. The molecule has 1 aromatic heterocycles. The number of carbonyl (C=O) groups excluding carboxylic acids is 1. The number of benzene rings is 1. The minimum atomic E-state index is -0.688. The molecule has 0 radical (unpaired) electrons. The van der Waals surface area contributed by atoms with Crippen LogP contribution in [0, 0.1) is 10.1 Å². The van der Waals surface area contributed by atoms with Crippen LogP contribution in [0.3, 0.4) is 0 Å². The largest absolute Gasteiger partial charge is 0.502 e. The summed E-state index contributed by atoms with van der Waals surface area (Å²) in [6.45, 7) is 0. The van der Waals surface area contributed by atoms with E-state index in [9.17, 15) is 20.0 Å². The molecule has 0 unspecified atom stereocenters. The maximum atomic E-state index is 10.8. The van der Waals surface area contributed by atoms with Gasteiger partial charge in [0.1, 0.15) is 0 Å². The molecule has 16 heavy (non-hydrogen) atoms.